The summed E-state index contributed by atoms with van der Waals surface area (Å²) in [5.74, 6) is -3.42. The maximum atomic E-state index is 13.4. The molecule has 1 aliphatic carbocycles. The number of halogens is 2. The SMILES string of the molecule is CC(=O)N1CCN(Cc2cccc(-c3ccc4c(n3)N(C)S(=O)(=O)N4CC3CC3(F)F)c2)CC1. The van der Waals surface area contributed by atoms with Crippen LogP contribution >= 0.6 is 0 Å². The number of hydrogen-bond donors (Lipinski definition) is 0. The van der Waals surface area contributed by atoms with E-state index in [1.165, 1.54) is 7.05 Å². The Labute approximate surface area is 197 Å². The van der Waals surface area contributed by atoms with E-state index in [-0.39, 0.29) is 24.7 Å². The fourth-order valence-electron chi connectivity index (χ4n) is 4.58. The topological polar surface area (TPSA) is 77.1 Å². The third kappa shape index (κ3) is 4.11. The summed E-state index contributed by atoms with van der Waals surface area (Å²) >= 11 is 0. The van der Waals surface area contributed by atoms with Crippen LogP contribution in [0.2, 0.25) is 0 Å². The summed E-state index contributed by atoms with van der Waals surface area (Å²) in [7, 11) is -2.54. The smallest absolute Gasteiger partial charge is 0.327 e. The van der Waals surface area contributed by atoms with Crippen molar-refractivity contribution < 1.29 is 22.0 Å². The van der Waals surface area contributed by atoms with Crippen molar-refractivity contribution in [2.75, 3.05) is 48.4 Å². The highest BCUT2D eigenvalue weighted by Crippen LogP contribution is 2.51. The molecule has 5 rings (SSSR count). The van der Waals surface area contributed by atoms with E-state index in [1.54, 1.807) is 19.1 Å². The second-order valence-electron chi connectivity index (χ2n) is 9.19. The quantitative estimate of drug-likeness (QED) is 0.643. The van der Waals surface area contributed by atoms with E-state index in [1.807, 2.05) is 29.2 Å². The van der Waals surface area contributed by atoms with E-state index in [2.05, 4.69) is 9.88 Å². The zero-order valence-corrected chi connectivity index (χ0v) is 19.9. The van der Waals surface area contributed by atoms with Crippen molar-refractivity contribution in [2.24, 2.45) is 5.92 Å². The van der Waals surface area contributed by atoms with Crippen molar-refractivity contribution in [3.63, 3.8) is 0 Å². The molecule has 1 aromatic heterocycles. The second-order valence-corrected chi connectivity index (χ2v) is 11.1. The first-order valence-electron chi connectivity index (χ1n) is 11.3. The lowest BCUT2D eigenvalue weighted by Gasteiger charge is -2.34. The molecule has 2 fully saturated rings. The summed E-state index contributed by atoms with van der Waals surface area (Å²) in [6.07, 6.45) is -0.291. The lowest BCUT2D eigenvalue weighted by Crippen LogP contribution is -2.47. The van der Waals surface area contributed by atoms with E-state index in [9.17, 15) is 22.0 Å². The van der Waals surface area contributed by atoms with Gasteiger partial charge in [0.15, 0.2) is 5.82 Å². The first kappa shape index (κ1) is 23.0. The van der Waals surface area contributed by atoms with Crippen LogP contribution < -0.4 is 8.61 Å². The molecule has 0 N–H and O–H groups in total. The number of piperazine rings is 1. The van der Waals surface area contributed by atoms with Crippen LogP contribution in [0, 0.1) is 5.92 Å². The summed E-state index contributed by atoms with van der Waals surface area (Å²) in [6, 6.07) is 11.3. The van der Waals surface area contributed by atoms with Crippen LogP contribution in [0.3, 0.4) is 0 Å². The Kier molecular flexibility index (Phi) is 5.51. The molecule has 34 heavy (non-hydrogen) atoms. The summed E-state index contributed by atoms with van der Waals surface area (Å²) in [6.45, 7) is 5.12. The van der Waals surface area contributed by atoms with Gasteiger partial charge in [-0.15, -0.1) is 0 Å². The number of carbonyl (C=O) groups excluding carboxylic acids is 1. The van der Waals surface area contributed by atoms with Crippen LogP contribution in [0.5, 0.6) is 0 Å². The average molecular weight is 492 g/mol. The third-order valence-corrected chi connectivity index (χ3v) is 8.60. The predicted molar refractivity (Wildman–Crippen MR) is 125 cm³/mol. The molecule has 11 heteroatoms. The number of pyridine rings is 1. The highest BCUT2D eigenvalue weighted by atomic mass is 32.2. The predicted octanol–water partition coefficient (Wildman–Crippen LogP) is 2.57. The van der Waals surface area contributed by atoms with Gasteiger partial charge in [0.2, 0.25) is 5.91 Å². The molecule has 0 radical (unpaired) electrons. The number of amides is 1. The van der Waals surface area contributed by atoms with Crippen molar-refractivity contribution in [1.29, 1.82) is 0 Å². The minimum atomic E-state index is -3.93. The highest BCUT2D eigenvalue weighted by Gasteiger charge is 2.59. The molecule has 1 amide bonds. The number of hydrogen-bond acceptors (Lipinski definition) is 5. The monoisotopic (exact) mass is 491 g/mol. The fourth-order valence-corrected chi connectivity index (χ4v) is 5.99. The Morgan fingerprint density at radius 1 is 1.15 bits per heavy atom. The number of nitrogens with zero attached hydrogens (tertiary/aromatic N) is 5. The van der Waals surface area contributed by atoms with Gasteiger partial charge in [-0.2, -0.15) is 8.42 Å². The first-order chi connectivity index (χ1) is 16.1. The molecular formula is C23H27F2N5O3S. The minimum absolute atomic E-state index is 0.0979. The molecule has 3 heterocycles. The van der Waals surface area contributed by atoms with E-state index in [4.69, 9.17) is 0 Å². The number of anilines is 2. The molecular weight excluding hydrogens is 464 g/mol. The van der Waals surface area contributed by atoms with Gasteiger partial charge < -0.3 is 4.90 Å². The van der Waals surface area contributed by atoms with Crippen LogP contribution in [-0.2, 0) is 21.5 Å². The van der Waals surface area contributed by atoms with Gasteiger partial charge in [0.25, 0.3) is 5.92 Å². The highest BCUT2D eigenvalue weighted by molar-refractivity contribution is 7.94. The Bertz CT molecular complexity index is 1230. The van der Waals surface area contributed by atoms with Crippen LogP contribution in [0.4, 0.5) is 20.3 Å². The van der Waals surface area contributed by atoms with Crippen LogP contribution in [0.15, 0.2) is 36.4 Å². The summed E-state index contributed by atoms with van der Waals surface area (Å²) in [4.78, 5) is 20.3. The summed E-state index contributed by atoms with van der Waals surface area (Å²) < 4.78 is 54.7. The first-order valence-corrected chi connectivity index (χ1v) is 12.7. The molecule has 0 spiro atoms. The molecule has 1 saturated heterocycles. The van der Waals surface area contributed by atoms with Gasteiger partial charge in [-0.25, -0.2) is 22.4 Å². The number of fused-ring (bicyclic) bond motifs is 1. The fraction of sp³-hybridized carbons (Fsp3) is 0.478. The van der Waals surface area contributed by atoms with Crippen molar-refractivity contribution in [3.8, 4) is 11.3 Å². The Balaban J connectivity index is 1.35. The Morgan fingerprint density at radius 3 is 2.50 bits per heavy atom. The molecule has 1 atom stereocenters. The molecule has 1 saturated carbocycles. The summed E-state index contributed by atoms with van der Waals surface area (Å²) in [5, 5.41) is 0. The molecule has 8 nitrogen and oxygen atoms in total. The average Bonchev–Trinajstić information content (AvgIpc) is 3.37. The molecule has 3 aliphatic rings. The molecule has 182 valence electrons. The van der Waals surface area contributed by atoms with Gasteiger partial charge in [0.05, 0.1) is 11.4 Å². The van der Waals surface area contributed by atoms with Crippen molar-refractivity contribution >= 4 is 27.6 Å². The van der Waals surface area contributed by atoms with E-state index in [0.717, 1.165) is 39.4 Å². The minimum Gasteiger partial charge on any atom is -0.340 e. The molecule has 1 aromatic carbocycles. The zero-order chi connectivity index (χ0) is 24.3. The van der Waals surface area contributed by atoms with Crippen molar-refractivity contribution in [3.05, 3.63) is 42.0 Å². The number of rotatable bonds is 5. The van der Waals surface area contributed by atoms with Gasteiger partial charge in [-0.1, -0.05) is 18.2 Å². The molecule has 2 aromatic rings. The number of carbonyl (C=O) groups is 1. The second kappa shape index (κ2) is 8.16. The maximum absolute atomic E-state index is 13.4. The molecule has 1 unspecified atom stereocenters. The summed E-state index contributed by atoms with van der Waals surface area (Å²) in [5.41, 5.74) is 2.88. The van der Waals surface area contributed by atoms with E-state index < -0.39 is 22.0 Å². The standard InChI is InChI=1S/C23H27F2N5O3S/c1-16(31)29-10-8-28(9-11-29)14-17-4-3-5-18(12-17)20-6-7-21-22(26-20)27(2)34(32,33)30(21)15-19-13-23(19,24)25/h3-7,12,19H,8-11,13-15H2,1-2H3. The Hall–Kier alpha value is -2.79. The van der Waals surface area contributed by atoms with Gasteiger partial charge >= 0.3 is 10.2 Å². The molecule has 2 aliphatic heterocycles. The van der Waals surface area contributed by atoms with E-state index in [0.29, 0.717) is 24.5 Å². The maximum Gasteiger partial charge on any atom is 0.327 e. The van der Waals surface area contributed by atoms with Crippen molar-refractivity contribution in [1.82, 2.24) is 14.8 Å². The Morgan fingerprint density at radius 2 is 1.85 bits per heavy atom. The van der Waals surface area contributed by atoms with Gasteiger partial charge in [-0.3, -0.25) is 9.69 Å². The normalized spacial score (nSPS) is 23.2. The van der Waals surface area contributed by atoms with E-state index >= 15 is 0 Å². The third-order valence-electron chi connectivity index (χ3n) is 6.83. The number of alkyl halides is 2. The number of aromatic nitrogens is 1. The van der Waals surface area contributed by atoms with Crippen LogP contribution in [0.25, 0.3) is 11.3 Å². The van der Waals surface area contributed by atoms with Gasteiger partial charge in [0, 0.05) is 71.1 Å². The zero-order valence-electron chi connectivity index (χ0n) is 19.1. The van der Waals surface area contributed by atoms with Crippen LogP contribution in [0.1, 0.15) is 18.9 Å². The lowest BCUT2D eigenvalue weighted by atomic mass is 10.1. The molecule has 0 bridgehead atoms. The number of benzene rings is 1. The lowest BCUT2D eigenvalue weighted by molar-refractivity contribution is -0.130. The van der Waals surface area contributed by atoms with Gasteiger partial charge in [-0.05, 0) is 23.8 Å². The largest absolute Gasteiger partial charge is 0.340 e. The van der Waals surface area contributed by atoms with Gasteiger partial charge in [0.1, 0.15) is 0 Å². The van der Waals surface area contributed by atoms with Crippen LogP contribution in [-0.4, -0.2) is 74.8 Å². The van der Waals surface area contributed by atoms with Crippen molar-refractivity contribution in [2.45, 2.75) is 25.8 Å².